The van der Waals surface area contributed by atoms with Crippen LogP contribution in [0.2, 0.25) is 0 Å². The fourth-order valence-electron chi connectivity index (χ4n) is 0.959. The molecule has 0 saturated heterocycles. The van der Waals surface area contributed by atoms with Crippen LogP contribution in [0.25, 0.3) is 0 Å². The molecule has 2 heteroatoms. The molecular weight excluding hydrogens is 136 g/mol. The van der Waals surface area contributed by atoms with Crippen LogP contribution in [0.5, 0.6) is 0 Å². The molecule has 0 aliphatic heterocycles. The molecule has 0 bridgehead atoms. The number of nitrogen functional groups attached to an aromatic ring is 1. The highest BCUT2D eigenvalue weighted by molar-refractivity contribution is 5.41. The van der Waals surface area contributed by atoms with Gasteiger partial charge in [0.25, 0.3) is 0 Å². The maximum atomic E-state index is 5.62. The van der Waals surface area contributed by atoms with E-state index in [-0.39, 0.29) is 0 Å². The Morgan fingerprint density at radius 1 is 1.73 bits per heavy atom. The van der Waals surface area contributed by atoms with Crippen LogP contribution in [0.3, 0.4) is 0 Å². The first-order chi connectivity index (χ1) is 5.24. The third kappa shape index (κ3) is 1.80. The summed E-state index contributed by atoms with van der Waals surface area (Å²) in [4.78, 5) is 4.03. The van der Waals surface area contributed by atoms with E-state index in [1.54, 1.807) is 6.20 Å². The Bertz CT molecular complexity index is 266. The van der Waals surface area contributed by atoms with Crippen molar-refractivity contribution in [2.75, 3.05) is 5.73 Å². The second kappa shape index (κ2) is 3.19. The number of pyridine rings is 1. The number of allylic oxidation sites excluding steroid dienone is 1. The molecular formula is C9H12N2. The highest BCUT2D eigenvalue weighted by Crippen LogP contribution is 2.10. The summed E-state index contributed by atoms with van der Waals surface area (Å²) in [5, 5.41) is 0. The maximum absolute atomic E-state index is 5.62. The van der Waals surface area contributed by atoms with E-state index in [4.69, 9.17) is 5.73 Å². The SMILES string of the molecule is C=CCc1cc(C)cnc1N. The van der Waals surface area contributed by atoms with Gasteiger partial charge in [0.1, 0.15) is 5.82 Å². The molecule has 0 amide bonds. The largest absolute Gasteiger partial charge is 0.383 e. The second-order valence-corrected chi connectivity index (χ2v) is 2.55. The summed E-state index contributed by atoms with van der Waals surface area (Å²) < 4.78 is 0. The molecule has 1 rings (SSSR count). The van der Waals surface area contributed by atoms with Gasteiger partial charge in [-0.25, -0.2) is 4.98 Å². The molecule has 0 aromatic carbocycles. The van der Waals surface area contributed by atoms with Crippen LogP contribution in [0, 0.1) is 6.92 Å². The van der Waals surface area contributed by atoms with Crippen LogP contribution in [0.4, 0.5) is 5.82 Å². The van der Waals surface area contributed by atoms with Gasteiger partial charge in [-0.15, -0.1) is 6.58 Å². The monoisotopic (exact) mass is 148 g/mol. The Labute approximate surface area is 66.8 Å². The molecule has 0 aliphatic rings. The zero-order valence-electron chi connectivity index (χ0n) is 6.67. The smallest absolute Gasteiger partial charge is 0.126 e. The maximum Gasteiger partial charge on any atom is 0.126 e. The van der Waals surface area contributed by atoms with Gasteiger partial charge in [-0.2, -0.15) is 0 Å². The normalized spacial score (nSPS) is 9.55. The number of aromatic nitrogens is 1. The lowest BCUT2D eigenvalue weighted by Crippen LogP contribution is -1.96. The lowest BCUT2D eigenvalue weighted by molar-refractivity contribution is 1.17. The van der Waals surface area contributed by atoms with Gasteiger partial charge in [-0.1, -0.05) is 12.1 Å². The minimum atomic E-state index is 0.607. The molecule has 0 radical (unpaired) electrons. The Morgan fingerprint density at radius 2 is 2.45 bits per heavy atom. The number of rotatable bonds is 2. The number of nitrogens with two attached hydrogens (primary N) is 1. The van der Waals surface area contributed by atoms with Crippen molar-refractivity contribution >= 4 is 5.82 Å². The molecule has 2 nitrogen and oxygen atoms in total. The first kappa shape index (κ1) is 7.79. The summed E-state index contributed by atoms with van der Waals surface area (Å²) in [6.45, 7) is 5.64. The molecule has 0 unspecified atom stereocenters. The van der Waals surface area contributed by atoms with Crippen LogP contribution in [0.15, 0.2) is 24.9 Å². The third-order valence-electron chi connectivity index (χ3n) is 1.50. The van der Waals surface area contributed by atoms with Gasteiger partial charge in [-0.05, 0) is 24.5 Å². The molecule has 0 saturated carbocycles. The Balaban J connectivity index is 3.01. The van der Waals surface area contributed by atoms with E-state index in [0.717, 1.165) is 17.5 Å². The standard InChI is InChI=1S/C9H12N2/c1-3-4-8-5-7(2)6-11-9(8)10/h3,5-6H,1,4H2,2H3,(H2,10,11). The van der Waals surface area contributed by atoms with Crippen molar-refractivity contribution < 1.29 is 0 Å². The van der Waals surface area contributed by atoms with Gasteiger partial charge >= 0.3 is 0 Å². The van der Waals surface area contributed by atoms with Gasteiger partial charge in [0.15, 0.2) is 0 Å². The molecule has 11 heavy (non-hydrogen) atoms. The van der Waals surface area contributed by atoms with Gasteiger partial charge in [0.05, 0.1) is 0 Å². The number of nitrogens with zero attached hydrogens (tertiary/aromatic N) is 1. The van der Waals surface area contributed by atoms with E-state index in [0.29, 0.717) is 5.82 Å². The van der Waals surface area contributed by atoms with Crippen molar-refractivity contribution in [2.24, 2.45) is 0 Å². The van der Waals surface area contributed by atoms with Gasteiger partial charge in [0, 0.05) is 6.20 Å². The Kier molecular flexibility index (Phi) is 2.26. The molecule has 0 fully saturated rings. The summed E-state index contributed by atoms with van der Waals surface area (Å²) in [7, 11) is 0. The predicted octanol–water partition coefficient (Wildman–Crippen LogP) is 1.70. The van der Waals surface area contributed by atoms with Gasteiger partial charge < -0.3 is 5.73 Å². The number of anilines is 1. The topological polar surface area (TPSA) is 38.9 Å². The van der Waals surface area contributed by atoms with E-state index in [1.165, 1.54) is 0 Å². The Morgan fingerprint density at radius 3 is 3.09 bits per heavy atom. The third-order valence-corrected chi connectivity index (χ3v) is 1.50. The van der Waals surface area contributed by atoms with Crippen LogP contribution in [0.1, 0.15) is 11.1 Å². The van der Waals surface area contributed by atoms with Crippen molar-refractivity contribution in [3.63, 3.8) is 0 Å². The van der Waals surface area contributed by atoms with E-state index < -0.39 is 0 Å². The first-order valence-electron chi connectivity index (χ1n) is 3.56. The summed E-state index contributed by atoms with van der Waals surface area (Å²) >= 11 is 0. The second-order valence-electron chi connectivity index (χ2n) is 2.55. The molecule has 1 heterocycles. The first-order valence-corrected chi connectivity index (χ1v) is 3.56. The fraction of sp³-hybridized carbons (Fsp3) is 0.222. The highest BCUT2D eigenvalue weighted by Gasteiger charge is 1.96. The molecule has 0 atom stereocenters. The van der Waals surface area contributed by atoms with Crippen molar-refractivity contribution in [3.05, 3.63) is 36.0 Å². The van der Waals surface area contributed by atoms with Crippen LogP contribution in [-0.4, -0.2) is 4.98 Å². The van der Waals surface area contributed by atoms with Crippen LogP contribution >= 0.6 is 0 Å². The highest BCUT2D eigenvalue weighted by atomic mass is 14.8. The van der Waals surface area contributed by atoms with Crippen LogP contribution in [-0.2, 0) is 6.42 Å². The minimum absolute atomic E-state index is 0.607. The summed E-state index contributed by atoms with van der Waals surface area (Å²) in [6.07, 6.45) is 4.38. The number of hydrogen-bond donors (Lipinski definition) is 1. The zero-order valence-corrected chi connectivity index (χ0v) is 6.67. The van der Waals surface area contributed by atoms with E-state index >= 15 is 0 Å². The van der Waals surface area contributed by atoms with E-state index in [9.17, 15) is 0 Å². The lowest BCUT2D eigenvalue weighted by atomic mass is 10.1. The molecule has 1 aromatic heterocycles. The number of aryl methyl sites for hydroxylation is 1. The summed E-state index contributed by atoms with van der Waals surface area (Å²) in [5.41, 5.74) is 7.81. The van der Waals surface area contributed by atoms with E-state index in [2.05, 4.69) is 11.6 Å². The van der Waals surface area contributed by atoms with Gasteiger partial charge in [-0.3, -0.25) is 0 Å². The fourth-order valence-corrected chi connectivity index (χ4v) is 0.959. The van der Waals surface area contributed by atoms with Crippen molar-refractivity contribution in [1.82, 2.24) is 4.98 Å². The minimum Gasteiger partial charge on any atom is -0.383 e. The molecule has 0 aliphatic carbocycles. The molecule has 1 aromatic rings. The molecule has 58 valence electrons. The quantitative estimate of drug-likeness (QED) is 0.648. The summed E-state index contributed by atoms with van der Waals surface area (Å²) in [5.74, 6) is 0.607. The average Bonchev–Trinajstić information content (AvgIpc) is 1.98. The average molecular weight is 148 g/mol. The van der Waals surface area contributed by atoms with Crippen molar-refractivity contribution in [3.8, 4) is 0 Å². The predicted molar refractivity (Wildman–Crippen MR) is 47.3 cm³/mol. The molecule has 2 N–H and O–H groups in total. The van der Waals surface area contributed by atoms with Crippen molar-refractivity contribution in [1.29, 1.82) is 0 Å². The zero-order chi connectivity index (χ0) is 8.27. The van der Waals surface area contributed by atoms with Gasteiger partial charge in [0.2, 0.25) is 0 Å². The number of hydrogen-bond acceptors (Lipinski definition) is 2. The van der Waals surface area contributed by atoms with Crippen LogP contribution < -0.4 is 5.73 Å². The van der Waals surface area contributed by atoms with Crippen molar-refractivity contribution in [2.45, 2.75) is 13.3 Å². The summed E-state index contributed by atoms with van der Waals surface area (Å²) in [6, 6.07) is 2.03. The lowest BCUT2D eigenvalue weighted by Gasteiger charge is -2.01. The Hall–Kier alpha value is -1.31. The molecule has 0 spiro atoms. The van der Waals surface area contributed by atoms with E-state index in [1.807, 2.05) is 19.1 Å².